The van der Waals surface area contributed by atoms with E-state index in [0.717, 1.165) is 30.5 Å². The van der Waals surface area contributed by atoms with Gasteiger partial charge < -0.3 is 11.1 Å². The molecule has 4 rings (SSSR count). The van der Waals surface area contributed by atoms with Gasteiger partial charge in [-0.3, -0.25) is 4.79 Å². The Kier molecular flexibility index (Phi) is 4.12. The number of nitrogens with two attached hydrogens (primary N) is 1. The molecule has 0 radical (unpaired) electrons. The molecule has 0 bridgehead atoms. The van der Waals surface area contributed by atoms with Gasteiger partial charge in [-0.1, -0.05) is 17.7 Å². The van der Waals surface area contributed by atoms with E-state index >= 15 is 0 Å². The first-order chi connectivity index (χ1) is 12.0. The van der Waals surface area contributed by atoms with Crippen LogP contribution in [0.2, 0.25) is 0 Å². The number of aryl methyl sites for hydroxylation is 2. The van der Waals surface area contributed by atoms with Crippen LogP contribution in [0.1, 0.15) is 52.1 Å². The normalized spacial score (nSPS) is 17.4. The molecule has 1 saturated carbocycles. The number of carbonyl (C=O) groups is 1. The van der Waals surface area contributed by atoms with Gasteiger partial charge in [0.05, 0.1) is 5.69 Å². The summed E-state index contributed by atoms with van der Waals surface area (Å²) in [6.45, 7) is 4.72. The van der Waals surface area contributed by atoms with Crippen molar-refractivity contribution >= 4 is 5.91 Å². The zero-order chi connectivity index (χ0) is 17.6. The fourth-order valence-electron chi connectivity index (χ4n) is 3.85. The summed E-state index contributed by atoms with van der Waals surface area (Å²) in [5.41, 5.74) is 12.5. The van der Waals surface area contributed by atoms with E-state index in [2.05, 4.69) is 37.4 Å². The fourth-order valence-corrected chi connectivity index (χ4v) is 3.85. The lowest BCUT2D eigenvalue weighted by atomic mass is 10.1. The molecule has 2 aliphatic carbocycles. The van der Waals surface area contributed by atoms with Gasteiger partial charge in [-0.2, -0.15) is 5.10 Å². The molecule has 5 nitrogen and oxygen atoms in total. The maximum Gasteiger partial charge on any atom is 0.272 e. The molecule has 2 aromatic rings. The molecule has 1 aromatic carbocycles. The summed E-state index contributed by atoms with van der Waals surface area (Å²) in [5, 5.41) is 7.69. The van der Waals surface area contributed by atoms with Crippen molar-refractivity contribution in [2.24, 2.45) is 11.7 Å². The maximum absolute atomic E-state index is 12.7. The van der Waals surface area contributed by atoms with Gasteiger partial charge in [0.25, 0.3) is 5.91 Å². The Bertz CT molecular complexity index is 819. The van der Waals surface area contributed by atoms with Gasteiger partial charge in [0.15, 0.2) is 5.69 Å². The van der Waals surface area contributed by atoms with Crippen molar-refractivity contribution in [1.29, 1.82) is 0 Å². The topological polar surface area (TPSA) is 72.9 Å². The third-order valence-electron chi connectivity index (χ3n) is 5.45. The average Bonchev–Trinajstić information content (AvgIpc) is 3.22. The lowest BCUT2D eigenvalue weighted by Gasteiger charge is -2.11. The van der Waals surface area contributed by atoms with Gasteiger partial charge in [0, 0.05) is 23.8 Å². The van der Waals surface area contributed by atoms with E-state index < -0.39 is 0 Å². The molecule has 3 N–H and O–H groups in total. The lowest BCUT2D eigenvalue weighted by Crippen LogP contribution is -2.39. The Morgan fingerprint density at radius 3 is 2.88 bits per heavy atom. The largest absolute Gasteiger partial charge is 0.349 e. The van der Waals surface area contributed by atoms with Crippen LogP contribution in [0.4, 0.5) is 0 Å². The second-order valence-corrected chi connectivity index (χ2v) is 7.54. The molecule has 0 saturated heterocycles. The number of carbonyl (C=O) groups excluding carboxylic acids is 1. The highest BCUT2D eigenvalue weighted by Gasteiger charge is 2.30. The summed E-state index contributed by atoms with van der Waals surface area (Å²) in [6, 6.07) is 6.42. The first-order valence-corrected chi connectivity index (χ1v) is 9.27. The Morgan fingerprint density at radius 2 is 2.16 bits per heavy atom. The standard InChI is InChI=1S/C20H26N4O/c1-12-6-9-17(13(2)10-12)24-18-5-3-4-15(18)19(23-24)20(25)22-11-16(21)14-7-8-14/h6,9-10,14,16H,3-5,7-8,11,21H2,1-2H3,(H,22,25). The molecule has 1 heterocycles. The Labute approximate surface area is 148 Å². The number of benzene rings is 1. The van der Waals surface area contributed by atoms with E-state index in [4.69, 9.17) is 10.8 Å². The minimum Gasteiger partial charge on any atom is -0.349 e. The summed E-state index contributed by atoms with van der Waals surface area (Å²) in [6.07, 6.45) is 5.36. The Balaban J connectivity index is 1.62. The highest BCUT2D eigenvalue weighted by molar-refractivity contribution is 5.94. The van der Waals surface area contributed by atoms with Gasteiger partial charge in [-0.25, -0.2) is 4.68 Å². The van der Waals surface area contributed by atoms with E-state index in [1.807, 2.05) is 4.68 Å². The van der Waals surface area contributed by atoms with E-state index in [1.54, 1.807) is 0 Å². The number of aromatic nitrogens is 2. The van der Waals surface area contributed by atoms with Crippen LogP contribution in [-0.2, 0) is 12.8 Å². The van der Waals surface area contributed by atoms with Gasteiger partial charge in [-0.05, 0) is 63.5 Å². The van der Waals surface area contributed by atoms with Crippen molar-refractivity contribution in [3.05, 3.63) is 46.3 Å². The van der Waals surface area contributed by atoms with Crippen LogP contribution in [0.15, 0.2) is 18.2 Å². The fraction of sp³-hybridized carbons (Fsp3) is 0.500. The third-order valence-corrected chi connectivity index (χ3v) is 5.45. The first-order valence-electron chi connectivity index (χ1n) is 9.27. The summed E-state index contributed by atoms with van der Waals surface area (Å²) in [7, 11) is 0. The second-order valence-electron chi connectivity index (χ2n) is 7.54. The molecular weight excluding hydrogens is 312 g/mol. The number of amides is 1. The molecule has 132 valence electrons. The second kappa shape index (κ2) is 6.30. The molecule has 1 aromatic heterocycles. The van der Waals surface area contributed by atoms with Crippen molar-refractivity contribution < 1.29 is 4.79 Å². The Morgan fingerprint density at radius 1 is 1.36 bits per heavy atom. The number of fused-ring (bicyclic) bond motifs is 1. The van der Waals surface area contributed by atoms with E-state index in [0.29, 0.717) is 18.2 Å². The molecular formula is C20H26N4O. The van der Waals surface area contributed by atoms with Crippen LogP contribution in [0.25, 0.3) is 5.69 Å². The first kappa shape index (κ1) is 16.3. The number of nitrogens with one attached hydrogen (secondary N) is 1. The van der Waals surface area contributed by atoms with Crippen LogP contribution in [0, 0.1) is 19.8 Å². The molecule has 1 fully saturated rings. The number of rotatable bonds is 5. The summed E-state index contributed by atoms with van der Waals surface area (Å²) >= 11 is 0. The van der Waals surface area contributed by atoms with Crippen molar-refractivity contribution in [2.45, 2.75) is 52.0 Å². The van der Waals surface area contributed by atoms with Gasteiger partial charge in [0.1, 0.15) is 0 Å². The smallest absolute Gasteiger partial charge is 0.272 e. The van der Waals surface area contributed by atoms with Gasteiger partial charge >= 0.3 is 0 Å². The lowest BCUT2D eigenvalue weighted by molar-refractivity contribution is 0.0944. The molecule has 2 aliphatic rings. The predicted molar refractivity (Wildman–Crippen MR) is 98.1 cm³/mol. The zero-order valence-corrected chi connectivity index (χ0v) is 15.0. The van der Waals surface area contributed by atoms with E-state index in [1.165, 1.54) is 29.7 Å². The van der Waals surface area contributed by atoms with Crippen molar-refractivity contribution in [3.63, 3.8) is 0 Å². The van der Waals surface area contributed by atoms with Gasteiger partial charge in [-0.15, -0.1) is 0 Å². The molecule has 1 unspecified atom stereocenters. The minimum absolute atomic E-state index is 0.0680. The SMILES string of the molecule is Cc1ccc(-n2nc(C(=O)NCC(N)C3CC3)c3c2CCC3)c(C)c1. The van der Waals surface area contributed by atoms with E-state index in [-0.39, 0.29) is 11.9 Å². The van der Waals surface area contributed by atoms with Crippen molar-refractivity contribution in [3.8, 4) is 5.69 Å². The summed E-state index contributed by atoms with van der Waals surface area (Å²) in [4.78, 5) is 12.7. The molecule has 25 heavy (non-hydrogen) atoms. The summed E-state index contributed by atoms with van der Waals surface area (Å²) in [5.74, 6) is 0.497. The van der Waals surface area contributed by atoms with Crippen LogP contribution >= 0.6 is 0 Å². The van der Waals surface area contributed by atoms with Crippen molar-refractivity contribution in [1.82, 2.24) is 15.1 Å². The van der Waals surface area contributed by atoms with Crippen LogP contribution in [0.5, 0.6) is 0 Å². The molecule has 0 aliphatic heterocycles. The quantitative estimate of drug-likeness (QED) is 0.879. The number of nitrogens with zero attached hydrogens (tertiary/aromatic N) is 2. The highest BCUT2D eigenvalue weighted by Crippen LogP contribution is 2.31. The van der Waals surface area contributed by atoms with Crippen LogP contribution in [0.3, 0.4) is 0 Å². The number of hydrogen-bond acceptors (Lipinski definition) is 3. The minimum atomic E-state index is -0.0854. The predicted octanol–water partition coefficient (Wildman–Crippen LogP) is 2.44. The zero-order valence-electron chi connectivity index (χ0n) is 15.0. The Hall–Kier alpha value is -2.14. The number of hydrogen-bond donors (Lipinski definition) is 2. The van der Waals surface area contributed by atoms with Gasteiger partial charge in [0.2, 0.25) is 0 Å². The van der Waals surface area contributed by atoms with Crippen LogP contribution in [-0.4, -0.2) is 28.3 Å². The van der Waals surface area contributed by atoms with Crippen LogP contribution < -0.4 is 11.1 Å². The average molecular weight is 338 g/mol. The molecule has 1 atom stereocenters. The molecule has 1 amide bonds. The van der Waals surface area contributed by atoms with E-state index in [9.17, 15) is 4.79 Å². The summed E-state index contributed by atoms with van der Waals surface area (Å²) < 4.78 is 1.98. The highest BCUT2D eigenvalue weighted by atomic mass is 16.2. The monoisotopic (exact) mass is 338 g/mol. The molecule has 5 heteroatoms. The van der Waals surface area contributed by atoms with Crippen molar-refractivity contribution in [2.75, 3.05) is 6.54 Å². The molecule has 0 spiro atoms. The maximum atomic E-state index is 12.7. The third kappa shape index (κ3) is 3.09.